The number of benzene rings is 1. The van der Waals surface area contributed by atoms with Crippen LogP contribution in [0.25, 0.3) is 0 Å². The fraction of sp³-hybridized carbons (Fsp3) is 0.364. The lowest BCUT2D eigenvalue weighted by atomic mass is 10.2. The Balaban J connectivity index is 2.52. The number of nitrogens with one attached hydrogen (secondary N) is 2. The van der Waals surface area contributed by atoms with Gasteiger partial charge in [-0.2, -0.15) is 0 Å². The van der Waals surface area contributed by atoms with Gasteiger partial charge >= 0.3 is 0 Å². The SMILES string of the molecule is COCCNC(=S)Nc1cc(Br)ccc1C. The topological polar surface area (TPSA) is 33.3 Å². The maximum Gasteiger partial charge on any atom is 0.170 e. The predicted molar refractivity (Wildman–Crippen MR) is 75.0 cm³/mol. The Labute approximate surface area is 110 Å². The Bertz CT molecular complexity index is 371. The van der Waals surface area contributed by atoms with Gasteiger partial charge in [0.15, 0.2) is 5.11 Å². The van der Waals surface area contributed by atoms with Gasteiger partial charge in [-0.1, -0.05) is 22.0 Å². The van der Waals surface area contributed by atoms with Crippen molar-refractivity contribution >= 4 is 38.9 Å². The molecule has 0 saturated carbocycles. The summed E-state index contributed by atoms with van der Waals surface area (Å²) in [4.78, 5) is 0. The number of hydrogen-bond acceptors (Lipinski definition) is 2. The van der Waals surface area contributed by atoms with E-state index < -0.39 is 0 Å². The molecule has 2 N–H and O–H groups in total. The van der Waals surface area contributed by atoms with Crippen LogP contribution in [0.4, 0.5) is 5.69 Å². The van der Waals surface area contributed by atoms with Gasteiger partial charge in [-0.05, 0) is 36.8 Å². The second-order valence-electron chi connectivity index (χ2n) is 3.33. The van der Waals surface area contributed by atoms with E-state index in [0.29, 0.717) is 18.3 Å². The van der Waals surface area contributed by atoms with Crippen molar-refractivity contribution in [3.63, 3.8) is 0 Å². The molecular formula is C11H15BrN2OS. The highest BCUT2D eigenvalue weighted by molar-refractivity contribution is 9.10. The zero-order valence-electron chi connectivity index (χ0n) is 9.34. The van der Waals surface area contributed by atoms with Gasteiger partial charge in [-0.25, -0.2) is 0 Å². The van der Waals surface area contributed by atoms with Crippen LogP contribution in [0.5, 0.6) is 0 Å². The van der Waals surface area contributed by atoms with Crippen LogP contribution in [-0.4, -0.2) is 25.4 Å². The molecule has 16 heavy (non-hydrogen) atoms. The summed E-state index contributed by atoms with van der Waals surface area (Å²) >= 11 is 8.59. The van der Waals surface area contributed by atoms with Gasteiger partial charge in [0.1, 0.15) is 0 Å². The molecule has 0 atom stereocenters. The highest BCUT2D eigenvalue weighted by Crippen LogP contribution is 2.20. The fourth-order valence-corrected chi connectivity index (χ4v) is 1.74. The van der Waals surface area contributed by atoms with E-state index in [9.17, 15) is 0 Å². The van der Waals surface area contributed by atoms with Gasteiger partial charge in [0.2, 0.25) is 0 Å². The summed E-state index contributed by atoms with van der Waals surface area (Å²) in [5, 5.41) is 6.81. The summed E-state index contributed by atoms with van der Waals surface area (Å²) in [5.41, 5.74) is 2.16. The van der Waals surface area contributed by atoms with Crippen molar-refractivity contribution in [1.29, 1.82) is 0 Å². The van der Waals surface area contributed by atoms with Crippen LogP contribution in [0.15, 0.2) is 22.7 Å². The molecule has 0 heterocycles. The number of hydrogen-bond donors (Lipinski definition) is 2. The van der Waals surface area contributed by atoms with E-state index in [1.807, 2.05) is 25.1 Å². The average Bonchev–Trinajstić information content (AvgIpc) is 2.24. The molecule has 88 valence electrons. The molecule has 0 aliphatic rings. The minimum absolute atomic E-state index is 0.609. The van der Waals surface area contributed by atoms with Crippen molar-refractivity contribution in [2.75, 3.05) is 25.6 Å². The van der Waals surface area contributed by atoms with Crippen molar-refractivity contribution in [3.8, 4) is 0 Å². The highest BCUT2D eigenvalue weighted by Gasteiger charge is 2.01. The monoisotopic (exact) mass is 302 g/mol. The molecule has 1 rings (SSSR count). The number of thiocarbonyl (C=S) groups is 1. The zero-order valence-corrected chi connectivity index (χ0v) is 11.7. The minimum atomic E-state index is 0.609. The summed E-state index contributed by atoms with van der Waals surface area (Å²) in [7, 11) is 1.66. The first-order chi connectivity index (χ1) is 7.63. The normalized spacial score (nSPS) is 9.94. The Morgan fingerprint density at radius 2 is 2.25 bits per heavy atom. The summed E-state index contributed by atoms with van der Waals surface area (Å²) in [5.74, 6) is 0. The van der Waals surface area contributed by atoms with Gasteiger partial charge in [-0.3, -0.25) is 0 Å². The molecule has 0 aliphatic carbocycles. The second kappa shape index (κ2) is 6.83. The van der Waals surface area contributed by atoms with E-state index in [4.69, 9.17) is 17.0 Å². The Kier molecular flexibility index (Phi) is 5.73. The first kappa shape index (κ1) is 13.4. The number of anilines is 1. The summed E-state index contributed by atoms with van der Waals surface area (Å²) in [6.07, 6.45) is 0. The van der Waals surface area contributed by atoms with E-state index in [0.717, 1.165) is 15.7 Å². The number of ether oxygens (including phenoxy) is 1. The lowest BCUT2D eigenvalue weighted by Crippen LogP contribution is -2.31. The minimum Gasteiger partial charge on any atom is -0.383 e. The molecule has 0 amide bonds. The number of aryl methyl sites for hydroxylation is 1. The standard InChI is InChI=1S/C11H15BrN2OS/c1-8-3-4-9(12)7-10(8)14-11(16)13-5-6-15-2/h3-4,7H,5-6H2,1-2H3,(H2,13,14,16). The molecule has 0 radical (unpaired) electrons. The third-order valence-electron chi connectivity index (χ3n) is 2.04. The van der Waals surface area contributed by atoms with Crippen LogP contribution in [0, 0.1) is 6.92 Å². The van der Waals surface area contributed by atoms with E-state index in [2.05, 4.69) is 26.6 Å². The molecule has 1 aromatic rings. The van der Waals surface area contributed by atoms with Crippen LogP contribution >= 0.6 is 28.1 Å². The largest absolute Gasteiger partial charge is 0.383 e. The Morgan fingerprint density at radius 1 is 1.50 bits per heavy atom. The third-order valence-corrected chi connectivity index (χ3v) is 2.78. The number of halogens is 1. The lowest BCUT2D eigenvalue weighted by Gasteiger charge is -2.12. The van der Waals surface area contributed by atoms with Gasteiger partial charge in [0.05, 0.1) is 6.61 Å². The molecule has 0 fully saturated rings. The first-order valence-electron chi connectivity index (χ1n) is 4.93. The summed E-state index contributed by atoms with van der Waals surface area (Å²) < 4.78 is 5.96. The highest BCUT2D eigenvalue weighted by atomic mass is 79.9. The molecule has 0 spiro atoms. The molecule has 0 bridgehead atoms. The van der Waals surface area contributed by atoms with Gasteiger partial charge in [0.25, 0.3) is 0 Å². The Hall–Kier alpha value is -0.650. The summed E-state index contributed by atoms with van der Waals surface area (Å²) in [6.45, 7) is 3.38. The molecule has 0 unspecified atom stereocenters. The molecule has 1 aromatic carbocycles. The first-order valence-corrected chi connectivity index (χ1v) is 6.13. The van der Waals surface area contributed by atoms with Crippen LogP contribution in [0.3, 0.4) is 0 Å². The maximum atomic E-state index is 5.16. The Morgan fingerprint density at radius 3 is 2.94 bits per heavy atom. The van der Waals surface area contributed by atoms with Crippen LogP contribution < -0.4 is 10.6 Å². The number of rotatable bonds is 4. The van der Waals surface area contributed by atoms with Gasteiger partial charge in [-0.15, -0.1) is 0 Å². The van der Waals surface area contributed by atoms with Gasteiger partial charge < -0.3 is 15.4 Å². The molecule has 0 aliphatic heterocycles. The van der Waals surface area contributed by atoms with E-state index >= 15 is 0 Å². The maximum absolute atomic E-state index is 5.16. The van der Waals surface area contributed by atoms with E-state index in [-0.39, 0.29) is 0 Å². The third kappa shape index (κ3) is 4.47. The van der Waals surface area contributed by atoms with Crippen molar-refractivity contribution < 1.29 is 4.74 Å². The molecular weight excluding hydrogens is 288 g/mol. The quantitative estimate of drug-likeness (QED) is 0.662. The van der Waals surface area contributed by atoms with Crippen molar-refractivity contribution in [2.24, 2.45) is 0 Å². The van der Waals surface area contributed by atoms with E-state index in [1.165, 1.54) is 0 Å². The molecule has 3 nitrogen and oxygen atoms in total. The van der Waals surface area contributed by atoms with Gasteiger partial charge in [0, 0.05) is 23.8 Å². The predicted octanol–water partition coefficient (Wildman–Crippen LogP) is 2.69. The van der Waals surface area contributed by atoms with E-state index in [1.54, 1.807) is 7.11 Å². The number of methoxy groups -OCH3 is 1. The molecule has 0 saturated heterocycles. The van der Waals surface area contributed by atoms with Crippen molar-refractivity contribution in [3.05, 3.63) is 28.2 Å². The second-order valence-corrected chi connectivity index (χ2v) is 4.66. The average molecular weight is 303 g/mol. The van der Waals surface area contributed by atoms with Crippen molar-refractivity contribution in [1.82, 2.24) is 5.32 Å². The van der Waals surface area contributed by atoms with Crippen LogP contribution in [0.1, 0.15) is 5.56 Å². The fourth-order valence-electron chi connectivity index (χ4n) is 1.16. The smallest absolute Gasteiger partial charge is 0.170 e. The lowest BCUT2D eigenvalue weighted by molar-refractivity contribution is 0.204. The van der Waals surface area contributed by atoms with Crippen LogP contribution in [0.2, 0.25) is 0 Å². The molecule has 5 heteroatoms. The summed E-state index contributed by atoms with van der Waals surface area (Å²) in [6, 6.07) is 6.03. The van der Waals surface area contributed by atoms with Crippen LogP contribution in [-0.2, 0) is 4.74 Å². The zero-order chi connectivity index (χ0) is 12.0. The molecule has 0 aromatic heterocycles. The van der Waals surface area contributed by atoms with Crippen molar-refractivity contribution in [2.45, 2.75) is 6.92 Å².